The zero-order valence-corrected chi connectivity index (χ0v) is 15.1. The molecule has 2 amide bonds. The fourth-order valence-corrected chi connectivity index (χ4v) is 2.99. The number of amides is 2. The Morgan fingerprint density at radius 3 is 2.77 bits per heavy atom. The van der Waals surface area contributed by atoms with Gasteiger partial charge < -0.3 is 15.4 Å². The van der Waals surface area contributed by atoms with E-state index in [1.807, 2.05) is 37.3 Å². The van der Waals surface area contributed by atoms with Crippen molar-refractivity contribution in [3.05, 3.63) is 65.5 Å². The Morgan fingerprint density at radius 1 is 1.19 bits per heavy atom. The van der Waals surface area contributed by atoms with Gasteiger partial charge in [0.25, 0.3) is 0 Å². The maximum Gasteiger partial charge on any atom is 0.315 e. The molecule has 1 aliphatic rings. The number of pyridine rings is 1. The van der Waals surface area contributed by atoms with Crippen LogP contribution in [0.1, 0.15) is 29.8 Å². The van der Waals surface area contributed by atoms with Crippen molar-refractivity contribution >= 4 is 6.03 Å². The maximum absolute atomic E-state index is 12.1. The van der Waals surface area contributed by atoms with E-state index in [2.05, 4.69) is 32.7 Å². The topological polar surface area (TPSA) is 66.5 Å². The van der Waals surface area contributed by atoms with Crippen LogP contribution in [0.3, 0.4) is 0 Å². The highest BCUT2D eigenvalue weighted by molar-refractivity contribution is 5.74. The summed E-state index contributed by atoms with van der Waals surface area (Å²) in [5, 5.41) is 5.83. The van der Waals surface area contributed by atoms with Gasteiger partial charge in [0.05, 0.1) is 24.9 Å². The Hall–Kier alpha value is -2.44. The Bertz CT molecular complexity index is 702. The molecule has 1 atom stereocenters. The minimum absolute atomic E-state index is 0.135. The molecule has 1 saturated heterocycles. The highest BCUT2D eigenvalue weighted by atomic mass is 16.5. The molecule has 26 heavy (non-hydrogen) atoms. The maximum atomic E-state index is 12.1. The second kappa shape index (κ2) is 9.31. The van der Waals surface area contributed by atoms with Gasteiger partial charge in [0.1, 0.15) is 0 Å². The number of urea groups is 1. The van der Waals surface area contributed by atoms with Crippen molar-refractivity contribution in [1.82, 2.24) is 20.5 Å². The average molecular weight is 354 g/mol. The third kappa shape index (κ3) is 5.54. The Labute approximate surface area is 154 Å². The normalized spacial score (nSPS) is 16.0. The number of morpholine rings is 1. The first-order chi connectivity index (χ1) is 12.7. The third-order valence-electron chi connectivity index (χ3n) is 4.43. The van der Waals surface area contributed by atoms with Crippen LogP contribution in [0.25, 0.3) is 0 Å². The average Bonchev–Trinajstić information content (AvgIpc) is 2.68. The summed E-state index contributed by atoms with van der Waals surface area (Å²) in [5.74, 6) is 0. The van der Waals surface area contributed by atoms with Gasteiger partial charge in [-0.2, -0.15) is 0 Å². The Morgan fingerprint density at radius 2 is 2.00 bits per heavy atom. The summed E-state index contributed by atoms with van der Waals surface area (Å²) in [6.45, 7) is 6.88. The summed E-state index contributed by atoms with van der Waals surface area (Å²) in [6.07, 6.45) is 1.73. The van der Waals surface area contributed by atoms with Gasteiger partial charge in [0.15, 0.2) is 0 Å². The fraction of sp³-hybridized carbons (Fsp3) is 0.400. The number of hydrogen-bond acceptors (Lipinski definition) is 4. The summed E-state index contributed by atoms with van der Waals surface area (Å²) >= 11 is 0. The molecule has 0 bridgehead atoms. The molecule has 3 rings (SSSR count). The summed E-state index contributed by atoms with van der Waals surface area (Å²) in [5.41, 5.74) is 3.19. The summed E-state index contributed by atoms with van der Waals surface area (Å²) in [6, 6.07) is 13.7. The van der Waals surface area contributed by atoms with Gasteiger partial charge in [-0.05, 0) is 30.2 Å². The van der Waals surface area contributed by atoms with Crippen molar-refractivity contribution in [2.24, 2.45) is 0 Å². The van der Waals surface area contributed by atoms with E-state index >= 15 is 0 Å². The SMILES string of the molecule is C[C@H](NC(=O)NCc1cccc(CN2CCOCC2)c1)c1ccccn1. The molecular weight excluding hydrogens is 328 g/mol. The van der Waals surface area contributed by atoms with Gasteiger partial charge >= 0.3 is 6.03 Å². The van der Waals surface area contributed by atoms with Crippen molar-refractivity contribution in [2.75, 3.05) is 26.3 Å². The number of carbonyl (C=O) groups excluding carboxylic acids is 1. The van der Waals surface area contributed by atoms with E-state index in [1.165, 1.54) is 5.56 Å². The molecule has 0 aliphatic carbocycles. The van der Waals surface area contributed by atoms with Gasteiger partial charge in [-0.3, -0.25) is 9.88 Å². The van der Waals surface area contributed by atoms with E-state index in [1.54, 1.807) is 6.20 Å². The highest BCUT2D eigenvalue weighted by Crippen LogP contribution is 2.10. The molecule has 1 aliphatic heterocycles. The number of hydrogen-bond donors (Lipinski definition) is 2. The number of nitrogens with zero attached hydrogens (tertiary/aromatic N) is 2. The molecule has 138 valence electrons. The van der Waals surface area contributed by atoms with Crippen LogP contribution in [0, 0.1) is 0 Å². The second-order valence-electron chi connectivity index (χ2n) is 6.51. The van der Waals surface area contributed by atoms with Gasteiger partial charge in [-0.1, -0.05) is 30.3 Å². The van der Waals surface area contributed by atoms with Crippen LogP contribution in [0.4, 0.5) is 4.79 Å². The lowest BCUT2D eigenvalue weighted by Gasteiger charge is -2.26. The first-order valence-electron chi connectivity index (χ1n) is 9.04. The molecule has 0 unspecified atom stereocenters. The third-order valence-corrected chi connectivity index (χ3v) is 4.43. The van der Waals surface area contributed by atoms with Crippen molar-refractivity contribution in [3.63, 3.8) is 0 Å². The van der Waals surface area contributed by atoms with Crippen molar-refractivity contribution in [3.8, 4) is 0 Å². The molecule has 2 heterocycles. The predicted molar refractivity (Wildman–Crippen MR) is 101 cm³/mol. The molecular formula is C20H26N4O2. The lowest BCUT2D eigenvalue weighted by atomic mass is 10.1. The predicted octanol–water partition coefficient (Wildman–Crippen LogP) is 2.47. The van der Waals surface area contributed by atoms with E-state index in [9.17, 15) is 4.79 Å². The number of benzene rings is 1. The van der Waals surface area contributed by atoms with Gasteiger partial charge in [-0.25, -0.2) is 4.79 Å². The van der Waals surface area contributed by atoms with Gasteiger partial charge in [0.2, 0.25) is 0 Å². The van der Waals surface area contributed by atoms with Crippen LogP contribution in [-0.2, 0) is 17.8 Å². The van der Waals surface area contributed by atoms with E-state index < -0.39 is 0 Å². The number of aromatic nitrogens is 1. The van der Waals surface area contributed by atoms with E-state index in [-0.39, 0.29) is 12.1 Å². The molecule has 0 spiro atoms. The molecule has 2 N–H and O–H groups in total. The minimum atomic E-state index is -0.193. The van der Waals surface area contributed by atoms with Crippen LogP contribution in [-0.4, -0.2) is 42.2 Å². The van der Waals surface area contributed by atoms with Crippen molar-refractivity contribution in [1.29, 1.82) is 0 Å². The van der Waals surface area contributed by atoms with Crippen LogP contribution in [0.15, 0.2) is 48.7 Å². The first kappa shape index (κ1) is 18.4. The second-order valence-corrected chi connectivity index (χ2v) is 6.51. The van der Waals surface area contributed by atoms with Crippen LogP contribution < -0.4 is 10.6 Å². The van der Waals surface area contributed by atoms with E-state index in [0.29, 0.717) is 6.54 Å². The molecule has 6 heteroatoms. The van der Waals surface area contributed by atoms with Gasteiger partial charge in [-0.15, -0.1) is 0 Å². The molecule has 2 aromatic rings. The molecule has 0 radical (unpaired) electrons. The number of ether oxygens (including phenoxy) is 1. The highest BCUT2D eigenvalue weighted by Gasteiger charge is 2.12. The number of rotatable bonds is 6. The number of carbonyl (C=O) groups is 1. The van der Waals surface area contributed by atoms with E-state index in [0.717, 1.165) is 44.1 Å². The lowest BCUT2D eigenvalue weighted by Crippen LogP contribution is -2.37. The van der Waals surface area contributed by atoms with Crippen LogP contribution in [0.5, 0.6) is 0 Å². The summed E-state index contributed by atoms with van der Waals surface area (Å²) in [4.78, 5) is 18.8. The Balaban J connectivity index is 1.48. The van der Waals surface area contributed by atoms with Gasteiger partial charge in [0, 0.05) is 32.4 Å². The lowest BCUT2D eigenvalue weighted by molar-refractivity contribution is 0.0342. The standard InChI is InChI=1S/C20H26N4O2/c1-16(19-7-2-3-8-21-19)23-20(25)22-14-17-5-4-6-18(13-17)15-24-9-11-26-12-10-24/h2-8,13,16H,9-12,14-15H2,1H3,(H2,22,23,25)/t16-/m0/s1. The molecule has 1 aromatic carbocycles. The summed E-state index contributed by atoms with van der Waals surface area (Å²) < 4.78 is 5.39. The quantitative estimate of drug-likeness (QED) is 0.836. The van der Waals surface area contributed by atoms with Crippen LogP contribution >= 0.6 is 0 Å². The minimum Gasteiger partial charge on any atom is -0.379 e. The fourth-order valence-electron chi connectivity index (χ4n) is 2.99. The molecule has 1 aromatic heterocycles. The largest absolute Gasteiger partial charge is 0.379 e. The van der Waals surface area contributed by atoms with Crippen molar-refractivity contribution < 1.29 is 9.53 Å². The monoisotopic (exact) mass is 354 g/mol. The zero-order valence-electron chi connectivity index (χ0n) is 15.1. The molecule has 0 saturated carbocycles. The molecule has 6 nitrogen and oxygen atoms in total. The molecule has 1 fully saturated rings. The number of nitrogens with one attached hydrogen (secondary N) is 2. The van der Waals surface area contributed by atoms with Crippen LogP contribution in [0.2, 0.25) is 0 Å². The van der Waals surface area contributed by atoms with Crippen molar-refractivity contribution in [2.45, 2.75) is 26.1 Å². The Kier molecular flexibility index (Phi) is 6.57. The first-order valence-corrected chi connectivity index (χ1v) is 9.04. The smallest absolute Gasteiger partial charge is 0.315 e. The summed E-state index contributed by atoms with van der Waals surface area (Å²) in [7, 11) is 0. The van der Waals surface area contributed by atoms with E-state index in [4.69, 9.17) is 4.74 Å². The zero-order chi connectivity index (χ0) is 18.2.